The molecule has 0 aliphatic carbocycles. The van der Waals surface area contributed by atoms with Gasteiger partial charge in [-0.25, -0.2) is 9.97 Å². The van der Waals surface area contributed by atoms with Crippen LogP contribution < -0.4 is 15.4 Å². The van der Waals surface area contributed by atoms with Crippen LogP contribution in [0.25, 0.3) is 0 Å². The maximum absolute atomic E-state index is 5.81. The second-order valence-corrected chi connectivity index (χ2v) is 5.51. The molecule has 0 atom stereocenters. The summed E-state index contributed by atoms with van der Waals surface area (Å²) < 4.78 is 11.1. The molecule has 0 fully saturated rings. The Hall–Kier alpha value is -3.02. The number of benzene rings is 1. The van der Waals surface area contributed by atoms with E-state index < -0.39 is 0 Å². The first-order valence-electron chi connectivity index (χ1n) is 7.82. The summed E-state index contributed by atoms with van der Waals surface area (Å²) in [5.41, 5.74) is 0.863. The first kappa shape index (κ1) is 15.9. The van der Waals surface area contributed by atoms with E-state index in [9.17, 15) is 0 Å². The van der Waals surface area contributed by atoms with Crippen molar-refractivity contribution < 1.29 is 9.15 Å². The molecule has 0 amide bonds. The smallest absolute Gasteiger partial charge is 0.143 e. The van der Waals surface area contributed by atoms with Crippen LogP contribution in [0.4, 0.5) is 17.3 Å². The predicted molar refractivity (Wildman–Crippen MR) is 93.6 cm³/mol. The van der Waals surface area contributed by atoms with Crippen molar-refractivity contribution in [3.63, 3.8) is 0 Å². The molecule has 0 aliphatic rings. The molecule has 24 heavy (non-hydrogen) atoms. The van der Waals surface area contributed by atoms with E-state index in [1.54, 1.807) is 6.26 Å². The lowest BCUT2D eigenvalue weighted by Crippen LogP contribution is -2.08. The summed E-state index contributed by atoms with van der Waals surface area (Å²) in [5.74, 6) is 3.04. The van der Waals surface area contributed by atoms with Crippen LogP contribution in [0.15, 0.2) is 59.5 Å². The van der Waals surface area contributed by atoms with Crippen LogP contribution in [0.1, 0.15) is 19.6 Å². The van der Waals surface area contributed by atoms with Crippen LogP contribution in [-0.2, 0) is 6.54 Å². The van der Waals surface area contributed by atoms with Gasteiger partial charge in [-0.2, -0.15) is 0 Å². The summed E-state index contributed by atoms with van der Waals surface area (Å²) in [6.45, 7) is 4.56. The fourth-order valence-electron chi connectivity index (χ4n) is 2.18. The molecular formula is C18H20N4O2. The van der Waals surface area contributed by atoms with E-state index in [1.807, 2.05) is 56.3 Å². The van der Waals surface area contributed by atoms with E-state index in [0.29, 0.717) is 18.2 Å². The van der Waals surface area contributed by atoms with Gasteiger partial charge in [0.15, 0.2) is 0 Å². The van der Waals surface area contributed by atoms with Crippen LogP contribution in [0.5, 0.6) is 5.75 Å². The monoisotopic (exact) mass is 324 g/mol. The number of hydrogen-bond donors (Lipinski definition) is 2. The average Bonchev–Trinajstić information content (AvgIpc) is 3.08. The SMILES string of the molecule is CC(C)Oc1ccccc1Nc1cc(NCc2ccco2)ncn1. The van der Waals surface area contributed by atoms with Crippen LogP contribution in [0, 0.1) is 0 Å². The number of para-hydroxylation sites is 2. The Morgan fingerprint density at radius 1 is 1.08 bits per heavy atom. The van der Waals surface area contributed by atoms with E-state index in [4.69, 9.17) is 9.15 Å². The largest absolute Gasteiger partial charge is 0.489 e. The summed E-state index contributed by atoms with van der Waals surface area (Å²) >= 11 is 0. The number of nitrogens with zero attached hydrogens (tertiary/aromatic N) is 2. The first-order chi connectivity index (χ1) is 11.7. The summed E-state index contributed by atoms with van der Waals surface area (Å²) in [6.07, 6.45) is 3.26. The van der Waals surface area contributed by atoms with Crippen molar-refractivity contribution in [1.29, 1.82) is 0 Å². The highest BCUT2D eigenvalue weighted by atomic mass is 16.5. The number of nitrogens with one attached hydrogen (secondary N) is 2. The molecular weight excluding hydrogens is 304 g/mol. The standard InChI is InChI=1S/C18H20N4O2/c1-13(2)24-16-8-4-3-7-15(16)22-18-10-17(20-12-21-18)19-11-14-6-5-9-23-14/h3-10,12-13H,11H2,1-2H3,(H2,19,20,21,22). The quantitative estimate of drug-likeness (QED) is 0.678. The highest BCUT2D eigenvalue weighted by Crippen LogP contribution is 2.27. The van der Waals surface area contributed by atoms with E-state index >= 15 is 0 Å². The molecule has 0 aliphatic heterocycles. The van der Waals surface area contributed by atoms with Crippen LogP contribution in [-0.4, -0.2) is 16.1 Å². The Labute approximate surface area is 140 Å². The fraction of sp³-hybridized carbons (Fsp3) is 0.222. The normalized spacial score (nSPS) is 10.6. The van der Waals surface area contributed by atoms with Crippen molar-refractivity contribution in [3.05, 3.63) is 60.8 Å². The van der Waals surface area contributed by atoms with Crippen molar-refractivity contribution in [3.8, 4) is 5.75 Å². The molecule has 0 radical (unpaired) electrons. The lowest BCUT2D eigenvalue weighted by atomic mass is 10.3. The zero-order valence-electron chi connectivity index (χ0n) is 13.7. The van der Waals surface area contributed by atoms with Gasteiger partial charge in [0.05, 0.1) is 24.6 Å². The molecule has 1 aromatic carbocycles. The zero-order valence-corrected chi connectivity index (χ0v) is 13.7. The molecule has 0 saturated carbocycles. The van der Waals surface area contributed by atoms with Gasteiger partial charge in [-0.15, -0.1) is 0 Å². The van der Waals surface area contributed by atoms with Crippen molar-refractivity contribution in [2.45, 2.75) is 26.5 Å². The predicted octanol–water partition coefficient (Wildman–Crippen LogP) is 4.21. The number of hydrogen-bond acceptors (Lipinski definition) is 6. The summed E-state index contributed by atoms with van der Waals surface area (Å²) in [6, 6.07) is 13.4. The summed E-state index contributed by atoms with van der Waals surface area (Å²) in [7, 11) is 0. The Morgan fingerprint density at radius 3 is 2.71 bits per heavy atom. The van der Waals surface area contributed by atoms with Crippen LogP contribution >= 0.6 is 0 Å². The molecule has 2 heterocycles. The van der Waals surface area contributed by atoms with Crippen molar-refractivity contribution in [2.75, 3.05) is 10.6 Å². The van der Waals surface area contributed by atoms with Gasteiger partial charge in [-0.3, -0.25) is 0 Å². The Kier molecular flexibility index (Phi) is 4.96. The number of anilines is 3. The average molecular weight is 324 g/mol. The van der Waals surface area contributed by atoms with E-state index in [0.717, 1.165) is 17.2 Å². The van der Waals surface area contributed by atoms with Gasteiger partial charge in [0.2, 0.25) is 0 Å². The maximum Gasteiger partial charge on any atom is 0.143 e. The number of aromatic nitrogens is 2. The molecule has 6 heteroatoms. The van der Waals surface area contributed by atoms with Crippen LogP contribution in [0.3, 0.4) is 0 Å². The molecule has 2 N–H and O–H groups in total. The van der Waals surface area contributed by atoms with E-state index in [1.165, 1.54) is 6.33 Å². The van der Waals surface area contributed by atoms with Gasteiger partial charge in [-0.1, -0.05) is 12.1 Å². The minimum atomic E-state index is 0.101. The molecule has 2 aromatic heterocycles. The van der Waals surface area contributed by atoms with E-state index in [-0.39, 0.29) is 6.10 Å². The third-order valence-corrected chi connectivity index (χ3v) is 3.20. The Bertz CT molecular complexity index is 772. The summed E-state index contributed by atoms with van der Waals surface area (Å²) in [4.78, 5) is 8.47. The van der Waals surface area contributed by atoms with Crippen LogP contribution in [0.2, 0.25) is 0 Å². The van der Waals surface area contributed by atoms with Gasteiger partial charge in [-0.05, 0) is 38.1 Å². The van der Waals surface area contributed by atoms with Gasteiger partial charge >= 0.3 is 0 Å². The molecule has 3 aromatic rings. The molecule has 6 nitrogen and oxygen atoms in total. The highest BCUT2D eigenvalue weighted by molar-refractivity contribution is 5.65. The Morgan fingerprint density at radius 2 is 1.92 bits per heavy atom. The molecule has 0 saturated heterocycles. The van der Waals surface area contributed by atoms with Gasteiger partial charge in [0, 0.05) is 6.07 Å². The number of ether oxygens (including phenoxy) is 1. The zero-order chi connectivity index (χ0) is 16.8. The number of furan rings is 1. The Balaban J connectivity index is 1.70. The van der Waals surface area contributed by atoms with E-state index in [2.05, 4.69) is 20.6 Å². The molecule has 0 spiro atoms. The first-order valence-corrected chi connectivity index (χ1v) is 7.82. The molecule has 3 rings (SSSR count). The third-order valence-electron chi connectivity index (χ3n) is 3.20. The minimum absolute atomic E-state index is 0.101. The van der Waals surface area contributed by atoms with Crippen molar-refractivity contribution >= 4 is 17.3 Å². The van der Waals surface area contributed by atoms with Gasteiger partial charge in [0.1, 0.15) is 29.5 Å². The lowest BCUT2D eigenvalue weighted by molar-refractivity contribution is 0.244. The van der Waals surface area contributed by atoms with Crippen molar-refractivity contribution in [2.24, 2.45) is 0 Å². The second-order valence-electron chi connectivity index (χ2n) is 5.51. The third kappa shape index (κ3) is 4.25. The van der Waals surface area contributed by atoms with Crippen molar-refractivity contribution in [1.82, 2.24) is 9.97 Å². The summed E-state index contributed by atoms with van der Waals surface area (Å²) in [5, 5.41) is 6.48. The second kappa shape index (κ2) is 7.50. The molecule has 0 unspecified atom stereocenters. The maximum atomic E-state index is 5.81. The topological polar surface area (TPSA) is 72.2 Å². The number of rotatable bonds is 7. The molecule has 0 bridgehead atoms. The molecule has 124 valence electrons. The minimum Gasteiger partial charge on any atom is -0.489 e. The van der Waals surface area contributed by atoms with Gasteiger partial charge < -0.3 is 19.8 Å². The van der Waals surface area contributed by atoms with Gasteiger partial charge in [0.25, 0.3) is 0 Å². The highest BCUT2D eigenvalue weighted by Gasteiger charge is 2.07. The fourth-order valence-corrected chi connectivity index (χ4v) is 2.18. The lowest BCUT2D eigenvalue weighted by Gasteiger charge is -2.15.